The van der Waals surface area contributed by atoms with Crippen molar-refractivity contribution < 1.29 is 9.53 Å². The molecule has 1 saturated heterocycles. The number of nitrogens with zero attached hydrogens (tertiary/aromatic N) is 4. The van der Waals surface area contributed by atoms with E-state index in [0.717, 1.165) is 30.3 Å². The van der Waals surface area contributed by atoms with Crippen molar-refractivity contribution >= 4 is 17.5 Å². The molecule has 0 saturated carbocycles. The second-order valence-corrected chi connectivity index (χ2v) is 7.46. The van der Waals surface area contributed by atoms with E-state index in [4.69, 9.17) is 16.3 Å². The fourth-order valence-corrected chi connectivity index (χ4v) is 3.73. The van der Waals surface area contributed by atoms with Crippen LogP contribution in [0.2, 0.25) is 5.02 Å². The molecule has 0 atom stereocenters. The molecule has 0 bridgehead atoms. The number of rotatable bonds is 5. The third-order valence-corrected chi connectivity index (χ3v) is 5.31. The van der Waals surface area contributed by atoms with E-state index in [-0.39, 0.29) is 5.91 Å². The molecule has 1 amide bonds. The molecule has 7 heteroatoms. The maximum Gasteiger partial charge on any atom is 0.278 e. The fraction of sp³-hybridized carbons (Fsp3) is 0.273. The molecule has 29 heavy (non-hydrogen) atoms. The van der Waals surface area contributed by atoms with E-state index < -0.39 is 0 Å². The van der Waals surface area contributed by atoms with Crippen LogP contribution in [0.1, 0.15) is 16.1 Å². The number of benzene rings is 2. The molecule has 1 fully saturated rings. The van der Waals surface area contributed by atoms with Crippen LogP contribution >= 0.6 is 11.6 Å². The van der Waals surface area contributed by atoms with Gasteiger partial charge in [-0.05, 0) is 29.8 Å². The number of amides is 1. The van der Waals surface area contributed by atoms with Crippen molar-refractivity contribution in [2.75, 3.05) is 33.3 Å². The summed E-state index contributed by atoms with van der Waals surface area (Å²) < 4.78 is 7.10. The molecule has 0 N–H and O–H groups in total. The standard InChI is InChI=1S/C22H23ClN4O2/c1-29-20-16-27(19-8-3-2-4-9-19)24-21(20)22(28)26-12-10-25(11-13-26)15-17-6-5-7-18(23)14-17/h2-9,14,16H,10-13,15H2,1H3. The minimum Gasteiger partial charge on any atom is -0.493 e. The predicted octanol–water partition coefficient (Wildman–Crippen LogP) is 3.49. The van der Waals surface area contributed by atoms with Gasteiger partial charge in [0.15, 0.2) is 11.4 Å². The van der Waals surface area contributed by atoms with Gasteiger partial charge in [0.2, 0.25) is 0 Å². The fourth-order valence-electron chi connectivity index (χ4n) is 3.52. The van der Waals surface area contributed by atoms with Crippen LogP contribution in [0.3, 0.4) is 0 Å². The summed E-state index contributed by atoms with van der Waals surface area (Å²) in [4.78, 5) is 17.2. The van der Waals surface area contributed by atoms with E-state index in [9.17, 15) is 4.79 Å². The molecule has 6 nitrogen and oxygen atoms in total. The third kappa shape index (κ3) is 4.44. The first-order valence-corrected chi connectivity index (χ1v) is 9.97. The summed E-state index contributed by atoms with van der Waals surface area (Å²) in [5.74, 6) is 0.388. The monoisotopic (exact) mass is 410 g/mol. The molecule has 150 valence electrons. The Morgan fingerprint density at radius 3 is 2.52 bits per heavy atom. The van der Waals surface area contributed by atoms with Gasteiger partial charge < -0.3 is 9.64 Å². The van der Waals surface area contributed by atoms with Crippen molar-refractivity contribution in [3.63, 3.8) is 0 Å². The molecule has 2 heterocycles. The second kappa shape index (κ2) is 8.68. The average Bonchev–Trinajstić information content (AvgIpc) is 3.19. The summed E-state index contributed by atoms with van der Waals surface area (Å²) >= 11 is 6.08. The molecule has 2 aromatic carbocycles. The van der Waals surface area contributed by atoms with E-state index in [0.29, 0.717) is 24.5 Å². The predicted molar refractivity (Wildman–Crippen MR) is 113 cm³/mol. The van der Waals surface area contributed by atoms with Crippen LogP contribution in [0.25, 0.3) is 5.69 Å². The molecule has 0 aliphatic carbocycles. The van der Waals surface area contributed by atoms with Crippen molar-refractivity contribution in [1.29, 1.82) is 0 Å². The summed E-state index contributed by atoms with van der Waals surface area (Å²) in [5, 5.41) is 5.24. The van der Waals surface area contributed by atoms with E-state index >= 15 is 0 Å². The Bertz CT molecular complexity index is 981. The Hall–Kier alpha value is -2.83. The van der Waals surface area contributed by atoms with Crippen LogP contribution in [0, 0.1) is 0 Å². The number of hydrogen-bond donors (Lipinski definition) is 0. The first-order chi connectivity index (χ1) is 14.1. The van der Waals surface area contributed by atoms with E-state index in [2.05, 4.69) is 16.1 Å². The number of halogens is 1. The highest BCUT2D eigenvalue weighted by atomic mass is 35.5. The lowest BCUT2D eigenvalue weighted by molar-refractivity contribution is 0.0619. The van der Waals surface area contributed by atoms with Gasteiger partial charge in [0.05, 0.1) is 19.0 Å². The number of ether oxygens (including phenoxy) is 1. The van der Waals surface area contributed by atoms with Gasteiger partial charge in [-0.2, -0.15) is 5.10 Å². The molecule has 0 spiro atoms. The summed E-state index contributed by atoms with van der Waals surface area (Å²) in [6.45, 7) is 3.75. The molecule has 1 aromatic heterocycles. The number of carbonyl (C=O) groups is 1. The van der Waals surface area contributed by atoms with Crippen LogP contribution < -0.4 is 4.74 Å². The molecule has 1 aliphatic heterocycles. The quantitative estimate of drug-likeness (QED) is 0.646. The van der Waals surface area contributed by atoms with Crippen molar-refractivity contribution in [3.8, 4) is 11.4 Å². The Morgan fingerprint density at radius 2 is 1.83 bits per heavy atom. The Morgan fingerprint density at radius 1 is 1.07 bits per heavy atom. The van der Waals surface area contributed by atoms with Gasteiger partial charge in [0, 0.05) is 37.7 Å². The van der Waals surface area contributed by atoms with E-state index in [1.807, 2.05) is 53.4 Å². The number of hydrogen-bond acceptors (Lipinski definition) is 4. The Balaban J connectivity index is 1.42. The van der Waals surface area contributed by atoms with Crippen LogP contribution in [-0.4, -0.2) is 58.8 Å². The summed E-state index contributed by atoms with van der Waals surface area (Å²) in [6, 6.07) is 17.6. The van der Waals surface area contributed by atoms with E-state index in [1.165, 1.54) is 5.56 Å². The Kier molecular flexibility index (Phi) is 5.83. The minimum absolute atomic E-state index is 0.0982. The van der Waals surface area contributed by atoms with Crippen molar-refractivity contribution in [2.45, 2.75) is 6.54 Å². The number of methoxy groups -OCH3 is 1. The zero-order valence-corrected chi connectivity index (χ0v) is 17.0. The van der Waals surface area contributed by atoms with Crippen molar-refractivity contribution in [1.82, 2.24) is 19.6 Å². The molecular weight excluding hydrogens is 388 g/mol. The first-order valence-electron chi connectivity index (χ1n) is 9.59. The topological polar surface area (TPSA) is 50.6 Å². The van der Waals surface area contributed by atoms with Gasteiger partial charge in [-0.25, -0.2) is 4.68 Å². The van der Waals surface area contributed by atoms with Crippen LogP contribution in [-0.2, 0) is 6.54 Å². The zero-order valence-electron chi connectivity index (χ0n) is 16.3. The maximum absolute atomic E-state index is 13.1. The normalized spacial score (nSPS) is 14.8. The van der Waals surface area contributed by atoms with Crippen LogP contribution in [0.4, 0.5) is 0 Å². The second-order valence-electron chi connectivity index (χ2n) is 7.02. The molecular formula is C22H23ClN4O2. The van der Waals surface area contributed by atoms with Crippen molar-refractivity contribution in [3.05, 3.63) is 77.1 Å². The molecule has 0 unspecified atom stereocenters. The van der Waals surface area contributed by atoms with E-state index in [1.54, 1.807) is 18.0 Å². The zero-order chi connectivity index (χ0) is 20.2. The van der Waals surface area contributed by atoms with Crippen molar-refractivity contribution in [2.24, 2.45) is 0 Å². The van der Waals surface area contributed by atoms with Gasteiger partial charge >= 0.3 is 0 Å². The maximum atomic E-state index is 13.1. The van der Waals surface area contributed by atoms with Gasteiger partial charge in [0.1, 0.15) is 0 Å². The lowest BCUT2D eigenvalue weighted by Crippen LogP contribution is -2.48. The van der Waals surface area contributed by atoms with Crippen LogP contribution in [0.5, 0.6) is 5.75 Å². The highest BCUT2D eigenvalue weighted by molar-refractivity contribution is 6.30. The lowest BCUT2D eigenvalue weighted by atomic mass is 10.2. The SMILES string of the molecule is COc1cn(-c2ccccc2)nc1C(=O)N1CCN(Cc2cccc(Cl)c2)CC1. The average molecular weight is 411 g/mol. The smallest absolute Gasteiger partial charge is 0.278 e. The highest BCUT2D eigenvalue weighted by Gasteiger charge is 2.27. The van der Waals surface area contributed by atoms with Gasteiger partial charge in [-0.15, -0.1) is 0 Å². The molecule has 3 aromatic rings. The lowest BCUT2D eigenvalue weighted by Gasteiger charge is -2.34. The van der Waals surface area contributed by atoms with Gasteiger partial charge in [0.25, 0.3) is 5.91 Å². The molecule has 0 radical (unpaired) electrons. The molecule has 1 aliphatic rings. The number of para-hydroxylation sites is 1. The summed E-state index contributed by atoms with van der Waals surface area (Å²) in [6.07, 6.45) is 1.75. The van der Waals surface area contributed by atoms with Crippen LogP contribution in [0.15, 0.2) is 60.8 Å². The van der Waals surface area contributed by atoms with Gasteiger partial charge in [-0.3, -0.25) is 9.69 Å². The summed E-state index contributed by atoms with van der Waals surface area (Å²) in [5.41, 5.74) is 2.41. The van der Waals surface area contributed by atoms with Gasteiger partial charge in [-0.1, -0.05) is 41.9 Å². The Labute approximate surface area is 175 Å². The molecule has 4 rings (SSSR count). The third-order valence-electron chi connectivity index (χ3n) is 5.08. The number of aromatic nitrogens is 2. The largest absolute Gasteiger partial charge is 0.493 e. The number of carbonyl (C=O) groups excluding carboxylic acids is 1. The highest BCUT2D eigenvalue weighted by Crippen LogP contribution is 2.22. The first kappa shape index (κ1) is 19.5. The number of piperazine rings is 1. The summed E-state index contributed by atoms with van der Waals surface area (Å²) in [7, 11) is 1.56. The minimum atomic E-state index is -0.0982.